The number of benzene rings is 3. The molecule has 198 valence electrons. The van der Waals surface area contributed by atoms with Crippen molar-refractivity contribution in [1.82, 2.24) is 0 Å². The van der Waals surface area contributed by atoms with Gasteiger partial charge < -0.3 is 24.1 Å². The summed E-state index contributed by atoms with van der Waals surface area (Å²) >= 11 is 6.25. The number of amides is 1. The van der Waals surface area contributed by atoms with Crippen LogP contribution in [0.4, 0.5) is 5.69 Å². The van der Waals surface area contributed by atoms with Crippen molar-refractivity contribution >= 4 is 34.7 Å². The van der Waals surface area contributed by atoms with Gasteiger partial charge in [-0.15, -0.1) is 0 Å². The van der Waals surface area contributed by atoms with Gasteiger partial charge in [-0.3, -0.25) is 14.5 Å². The van der Waals surface area contributed by atoms with E-state index in [0.29, 0.717) is 22.7 Å². The number of ether oxygens (including phenoxy) is 4. The quantitative estimate of drug-likeness (QED) is 0.228. The molecular weight excluding hydrogens is 510 g/mol. The topological polar surface area (TPSA) is 94.5 Å². The van der Waals surface area contributed by atoms with Gasteiger partial charge in [0.25, 0.3) is 11.7 Å². The highest BCUT2D eigenvalue weighted by molar-refractivity contribution is 6.51. The van der Waals surface area contributed by atoms with E-state index in [0.717, 1.165) is 12.0 Å². The molecule has 9 heteroatoms. The molecule has 1 atom stereocenters. The Labute approximate surface area is 225 Å². The molecule has 38 heavy (non-hydrogen) atoms. The van der Waals surface area contributed by atoms with E-state index in [1.807, 2.05) is 31.2 Å². The van der Waals surface area contributed by atoms with Crippen LogP contribution in [0.3, 0.4) is 0 Å². The molecule has 1 amide bonds. The largest absolute Gasteiger partial charge is 0.507 e. The highest BCUT2D eigenvalue weighted by atomic mass is 35.5. The number of aryl methyl sites for hydroxylation is 1. The van der Waals surface area contributed by atoms with Gasteiger partial charge >= 0.3 is 0 Å². The number of Topliss-reactive ketones (excluding diaryl/α,β-unsaturated/α-hetero) is 1. The van der Waals surface area contributed by atoms with Crippen molar-refractivity contribution < 1.29 is 33.6 Å². The van der Waals surface area contributed by atoms with Gasteiger partial charge in [0.15, 0.2) is 11.5 Å². The van der Waals surface area contributed by atoms with Crippen molar-refractivity contribution in [3.8, 4) is 23.0 Å². The van der Waals surface area contributed by atoms with Crippen LogP contribution in [0.25, 0.3) is 5.76 Å². The first-order valence-corrected chi connectivity index (χ1v) is 12.2. The molecule has 1 N–H and O–H groups in total. The second-order valence-electron chi connectivity index (χ2n) is 8.49. The number of rotatable bonds is 8. The summed E-state index contributed by atoms with van der Waals surface area (Å²) in [5.41, 5.74) is 2.18. The van der Waals surface area contributed by atoms with Gasteiger partial charge in [0, 0.05) is 17.8 Å². The predicted molar refractivity (Wildman–Crippen MR) is 145 cm³/mol. The van der Waals surface area contributed by atoms with Crippen LogP contribution in [0.5, 0.6) is 23.0 Å². The van der Waals surface area contributed by atoms with Gasteiger partial charge in [0.1, 0.15) is 17.3 Å². The summed E-state index contributed by atoms with van der Waals surface area (Å²) in [5.74, 6) is -0.729. The molecule has 0 aliphatic carbocycles. The van der Waals surface area contributed by atoms with E-state index in [-0.39, 0.29) is 27.7 Å². The fourth-order valence-corrected chi connectivity index (χ4v) is 4.75. The van der Waals surface area contributed by atoms with Crippen LogP contribution in [0.15, 0.2) is 60.2 Å². The Morgan fingerprint density at radius 1 is 0.842 bits per heavy atom. The number of hydrogen-bond acceptors (Lipinski definition) is 7. The summed E-state index contributed by atoms with van der Waals surface area (Å²) in [6.07, 6.45) is 0.817. The number of hydrogen-bond donors (Lipinski definition) is 1. The van der Waals surface area contributed by atoms with Crippen LogP contribution in [0, 0.1) is 0 Å². The fourth-order valence-electron chi connectivity index (χ4n) is 4.52. The number of anilines is 1. The van der Waals surface area contributed by atoms with Crippen molar-refractivity contribution in [2.75, 3.05) is 33.3 Å². The van der Waals surface area contributed by atoms with E-state index >= 15 is 0 Å². The second-order valence-corrected chi connectivity index (χ2v) is 8.90. The molecule has 1 fully saturated rings. The first kappa shape index (κ1) is 26.9. The summed E-state index contributed by atoms with van der Waals surface area (Å²) in [6, 6.07) is 14.5. The molecular formula is C29H28ClNO7. The van der Waals surface area contributed by atoms with Gasteiger partial charge in [-0.2, -0.15) is 0 Å². The zero-order chi connectivity index (χ0) is 27.6. The van der Waals surface area contributed by atoms with Crippen molar-refractivity contribution in [3.05, 3.63) is 81.9 Å². The summed E-state index contributed by atoms with van der Waals surface area (Å²) in [6.45, 7) is 2.03. The molecule has 1 saturated heterocycles. The summed E-state index contributed by atoms with van der Waals surface area (Å²) in [5, 5.41) is 11.8. The Kier molecular flexibility index (Phi) is 7.83. The lowest BCUT2D eigenvalue weighted by atomic mass is 9.94. The Hall–Kier alpha value is -4.17. The number of carbonyl (C=O) groups excluding carboxylic acids is 2. The first-order valence-electron chi connectivity index (χ1n) is 11.8. The molecule has 0 radical (unpaired) electrons. The van der Waals surface area contributed by atoms with Gasteiger partial charge in [0.05, 0.1) is 50.6 Å². The van der Waals surface area contributed by atoms with Crippen molar-refractivity contribution in [2.24, 2.45) is 0 Å². The maximum Gasteiger partial charge on any atom is 0.300 e. The smallest absolute Gasteiger partial charge is 0.300 e. The highest BCUT2D eigenvalue weighted by Gasteiger charge is 2.47. The second kappa shape index (κ2) is 11.1. The molecule has 1 unspecified atom stereocenters. The number of ketones is 1. The van der Waals surface area contributed by atoms with Gasteiger partial charge in [-0.25, -0.2) is 0 Å². The molecule has 1 aliphatic rings. The van der Waals surface area contributed by atoms with E-state index < -0.39 is 23.5 Å². The number of halogens is 1. The molecule has 1 heterocycles. The Bertz CT molecular complexity index is 1420. The van der Waals surface area contributed by atoms with Gasteiger partial charge in [-0.1, -0.05) is 42.8 Å². The monoisotopic (exact) mass is 537 g/mol. The average Bonchev–Trinajstić information content (AvgIpc) is 3.21. The van der Waals surface area contributed by atoms with Crippen LogP contribution >= 0.6 is 11.6 Å². The standard InChI is InChI=1S/C29H28ClNO7/c1-6-16-7-9-17(10-8-16)26-25(27(32)19-14-23(37-4)20(30)15-22(19)36-3)28(33)29(34)31(26)18-11-12-21(35-2)24(13-18)38-5/h7-15,26,32H,6H2,1-5H3/b27-25+. The SMILES string of the molecule is CCc1ccc(C2/C(=C(\O)c3cc(OC)c(Cl)cc3OC)C(=O)C(=O)N2c2ccc(OC)c(OC)c2)cc1. The molecule has 3 aromatic rings. The first-order chi connectivity index (χ1) is 18.3. The summed E-state index contributed by atoms with van der Waals surface area (Å²) < 4.78 is 21.5. The van der Waals surface area contributed by atoms with Crippen LogP contribution < -0.4 is 23.8 Å². The molecule has 0 saturated carbocycles. The van der Waals surface area contributed by atoms with E-state index in [4.69, 9.17) is 30.5 Å². The van der Waals surface area contributed by atoms with E-state index in [1.165, 1.54) is 45.5 Å². The van der Waals surface area contributed by atoms with Gasteiger partial charge in [0.2, 0.25) is 0 Å². The highest BCUT2D eigenvalue weighted by Crippen LogP contribution is 2.46. The molecule has 4 rings (SSSR count). The van der Waals surface area contributed by atoms with Crippen molar-refractivity contribution in [3.63, 3.8) is 0 Å². The molecule has 0 spiro atoms. The lowest BCUT2D eigenvalue weighted by Crippen LogP contribution is -2.29. The van der Waals surface area contributed by atoms with Gasteiger partial charge in [-0.05, 0) is 35.7 Å². The lowest BCUT2D eigenvalue weighted by molar-refractivity contribution is -0.132. The van der Waals surface area contributed by atoms with Crippen molar-refractivity contribution in [2.45, 2.75) is 19.4 Å². The Balaban J connectivity index is 1.99. The molecule has 0 aromatic heterocycles. The molecule has 1 aliphatic heterocycles. The van der Waals surface area contributed by atoms with Crippen molar-refractivity contribution in [1.29, 1.82) is 0 Å². The number of aliphatic hydroxyl groups excluding tert-OH is 1. The van der Waals surface area contributed by atoms with E-state index in [2.05, 4.69) is 0 Å². The van der Waals surface area contributed by atoms with Crippen LogP contribution in [0.2, 0.25) is 5.02 Å². The lowest BCUT2D eigenvalue weighted by Gasteiger charge is -2.26. The minimum absolute atomic E-state index is 0.100. The Morgan fingerprint density at radius 3 is 2.05 bits per heavy atom. The van der Waals surface area contributed by atoms with Crippen LogP contribution in [-0.4, -0.2) is 45.2 Å². The minimum Gasteiger partial charge on any atom is -0.507 e. The average molecular weight is 538 g/mol. The number of carbonyl (C=O) groups is 2. The number of aliphatic hydroxyl groups is 1. The zero-order valence-corrected chi connectivity index (χ0v) is 22.5. The van der Waals surface area contributed by atoms with E-state index in [9.17, 15) is 14.7 Å². The maximum atomic E-state index is 13.5. The Morgan fingerprint density at radius 2 is 1.47 bits per heavy atom. The van der Waals surface area contributed by atoms with Crippen LogP contribution in [-0.2, 0) is 16.0 Å². The molecule has 0 bridgehead atoms. The summed E-state index contributed by atoms with van der Waals surface area (Å²) in [4.78, 5) is 28.4. The molecule has 8 nitrogen and oxygen atoms in total. The number of methoxy groups -OCH3 is 4. The third-order valence-electron chi connectivity index (χ3n) is 6.52. The fraction of sp³-hybridized carbons (Fsp3) is 0.241. The van der Waals surface area contributed by atoms with E-state index in [1.54, 1.807) is 18.2 Å². The zero-order valence-electron chi connectivity index (χ0n) is 21.7. The normalized spacial score (nSPS) is 16.5. The van der Waals surface area contributed by atoms with Crippen LogP contribution in [0.1, 0.15) is 29.7 Å². The number of nitrogens with zero attached hydrogens (tertiary/aromatic N) is 1. The maximum absolute atomic E-state index is 13.5. The third kappa shape index (κ3) is 4.63. The molecule has 3 aromatic carbocycles. The predicted octanol–water partition coefficient (Wildman–Crippen LogP) is 5.56. The minimum atomic E-state index is -0.939. The summed E-state index contributed by atoms with van der Waals surface area (Å²) in [7, 11) is 5.84. The third-order valence-corrected chi connectivity index (χ3v) is 6.82.